The van der Waals surface area contributed by atoms with Crippen LogP contribution < -0.4 is 15.4 Å². The van der Waals surface area contributed by atoms with Gasteiger partial charge in [0.25, 0.3) is 0 Å². The summed E-state index contributed by atoms with van der Waals surface area (Å²) in [6, 6.07) is 17.4. The van der Waals surface area contributed by atoms with E-state index in [9.17, 15) is 14.7 Å². The van der Waals surface area contributed by atoms with Gasteiger partial charge in [-0.2, -0.15) is 0 Å². The predicted molar refractivity (Wildman–Crippen MR) is 143 cm³/mol. The SMILES string of the molecule is O=C1C[C@@H](c2cccc(Cl)c2)[C@]2(C(=O)Nc3cc(Cl)ccc32)[C@@H](c2cc(I)ccc2OCCO)N1. The van der Waals surface area contributed by atoms with E-state index in [2.05, 4.69) is 33.2 Å². The highest BCUT2D eigenvalue weighted by atomic mass is 127. The first kappa shape index (κ1) is 24.4. The monoisotopic (exact) mass is 622 g/mol. The molecule has 3 aromatic rings. The first-order chi connectivity index (χ1) is 16.8. The van der Waals surface area contributed by atoms with Crippen molar-refractivity contribution in [3.05, 3.63) is 91.0 Å². The Labute approximate surface area is 226 Å². The molecular weight excluding hydrogens is 602 g/mol. The number of halogens is 3. The van der Waals surface area contributed by atoms with Crippen LogP contribution in [0.5, 0.6) is 5.75 Å². The van der Waals surface area contributed by atoms with E-state index in [0.29, 0.717) is 27.0 Å². The van der Waals surface area contributed by atoms with Gasteiger partial charge in [-0.15, -0.1) is 0 Å². The Balaban J connectivity index is 1.80. The topological polar surface area (TPSA) is 87.7 Å². The Bertz CT molecular complexity index is 1330. The quantitative estimate of drug-likeness (QED) is 0.341. The van der Waals surface area contributed by atoms with Gasteiger partial charge < -0.3 is 20.5 Å². The molecule has 0 saturated carbocycles. The normalized spacial score (nSPS) is 23.1. The summed E-state index contributed by atoms with van der Waals surface area (Å²) in [7, 11) is 0. The zero-order valence-corrected chi connectivity index (χ0v) is 22.0. The number of aliphatic hydroxyl groups excluding tert-OH is 1. The Morgan fingerprint density at radius 2 is 1.86 bits per heavy atom. The van der Waals surface area contributed by atoms with Crippen LogP contribution in [0.2, 0.25) is 10.0 Å². The van der Waals surface area contributed by atoms with Crippen molar-refractivity contribution in [2.24, 2.45) is 0 Å². The third-order valence-corrected chi connectivity index (χ3v) is 7.77. The van der Waals surface area contributed by atoms with Crippen molar-refractivity contribution < 1.29 is 19.4 Å². The molecule has 1 fully saturated rings. The van der Waals surface area contributed by atoms with E-state index < -0.39 is 17.4 Å². The summed E-state index contributed by atoms with van der Waals surface area (Å²) < 4.78 is 6.77. The van der Waals surface area contributed by atoms with Crippen molar-refractivity contribution >= 4 is 63.3 Å². The Hall–Kier alpha value is -2.33. The minimum absolute atomic E-state index is 0.0807. The lowest BCUT2D eigenvalue weighted by Gasteiger charge is -2.46. The fourth-order valence-corrected chi connectivity index (χ4v) is 6.19. The fourth-order valence-electron chi connectivity index (χ4n) is 5.30. The van der Waals surface area contributed by atoms with Crippen molar-refractivity contribution in [2.75, 3.05) is 18.5 Å². The van der Waals surface area contributed by atoms with Crippen LogP contribution in [0.15, 0.2) is 60.7 Å². The number of piperidine rings is 1. The van der Waals surface area contributed by atoms with Crippen LogP contribution in [0.4, 0.5) is 5.69 Å². The molecule has 3 atom stereocenters. The molecule has 35 heavy (non-hydrogen) atoms. The number of carbonyl (C=O) groups excluding carboxylic acids is 2. The second-order valence-electron chi connectivity index (χ2n) is 8.58. The molecule has 2 amide bonds. The number of carbonyl (C=O) groups is 2. The lowest BCUT2D eigenvalue weighted by molar-refractivity contribution is -0.131. The number of hydrogen-bond acceptors (Lipinski definition) is 4. The number of benzene rings is 3. The van der Waals surface area contributed by atoms with Crippen molar-refractivity contribution in [2.45, 2.75) is 23.8 Å². The average molecular weight is 623 g/mol. The van der Waals surface area contributed by atoms with Crippen molar-refractivity contribution in [1.82, 2.24) is 5.32 Å². The van der Waals surface area contributed by atoms with E-state index in [1.165, 1.54) is 0 Å². The van der Waals surface area contributed by atoms with Gasteiger partial charge in [0.2, 0.25) is 11.8 Å². The number of hydrogen-bond donors (Lipinski definition) is 3. The highest BCUT2D eigenvalue weighted by Crippen LogP contribution is 2.58. The number of fused-ring (bicyclic) bond motifs is 2. The van der Waals surface area contributed by atoms with Crippen LogP contribution in [-0.2, 0) is 15.0 Å². The van der Waals surface area contributed by atoms with Gasteiger partial charge in [0.1, 0.15) is 17.8 Å². The molecule has 3 N–H and O–H groups in total. The first-order valence-electron chi connectivity index (χ1n) is 11.0. The van der Waals surface area contributed by atoms with E-state index in [1.54, 1.807) is 24.3 Å². The molecule has 180 valence electrons. The predicted octanol–water partition coefficient (Wildman–Crippen LogP) is 5.20. The van der Waals surface area contributed by atoms with Gasteiger partial charge in [-0.3, -0.25) is 9.59 Å². The Morgan fingerprint density at radius 3 is 2.63 bits per heavy atom. The van der Waals surface area contributed by atoms with Gasteiger partial charge in [-0.25, -0.2) is 0 Å². The maximum absolute atomic E-state index is 14.1. The summed E-state index contributed by atoms with van der Waals surface area (Å²) >= 11 is 14.8. The molecule has 6 nitrogen and oxygen atoms in total. The van der Waals surface area contributed by atoms with Gasteiger partial charge in [0, 0.05) is 37.2 Å². The van der Waals surface area contributed by atoms with Crippen LogP contribution in [0.25, 0.3) is 0 Å². The lowest BCUT2D eigenvalue weighted by atomic mass is 9.59. The molecule has 2 aliphatic rings. The number of rotatable bonds is 5. The molecule has 3 aromatic carbocycles. The van der Waals surface area contributed by atoms with Crippen molar-refractivity contribution in [3.63, 3.8) is 0 Å². The summed E-state index contributed by atoms with van der Waals surface area (Å²) in [4.78, 5) is 27.2. The molecule has 1 saturated heterocycles. The summed E-state index contributed by atoms with van der Waals surface area (Å²) in [5.74, 6) is -0.443. The van der Waals surface area contributed by atoms with Crippen LogP contribution in [0.3, 0.4) is 0 Å². The van der Waals surface area contributed by atoms with Crippen LogP contribution in [-0.4, -0.2) is 30.1 Å². The highest BCUT2D eigenvalue weighted by molar-refractivity contribution is 14.1. The van der Waals surface area contributed by atoms with Gasteiger partial charge in [0.05, 0.1) is 12.6 Å². The number of nitrogens with one attached hydrogen (secondary N) is 2. The molecule has 1 spiro atoms. The Morgan fingerprint density at radius 1 is 1.06 bits per heavy atom. The second-order valence-corrected chi connectivity index (χ2v) is 10.7. The highest BCUT2D eigenvalue weighted by Gasteiger charge is 2.61. The molecule has 2 aliphatic heterocycles. The molecule has 0 aromatic heterocycles. The molecule has 0 unspecified atom stereocenters. The van der Waals surface area contributed by atoms with E-state index in [0.717, 1.165) is 14.7 Å². The van der Waals surface area contributed by atoms with Crippen LogP contribution in [0, 0.1) is 3.57 Å². The summed E-state index contributed by atoms with van der Waals surface area (Å²) in [6.45, 7) is -0.0854. The van der Waals surface area contributed by atoms with Gasteiger partial charge in [-0.1, -0.05) is 41.4 Å². The van der Waals surface area contributed by atoms with Crippen molar-refractivity contribution in [1.29, 1.82) is 0 Å². The third-order valence-electron chi connectivity index (χ3n) is 6.63. The largest absolute Gasteiger partial charge is 0.491 e. The molecule has 5 rings (SSSR count). The second kappa shape index (κ2) is 9.61. The molecule has 0 aliphatic carbocycles. The maximum atomic E-state index is 14.1. The summed E-state index contributed by atoms with van der Waals surface area (Å²) in [5.41, 5.74) is 1.61. The van der Waals surface area contributed by atoms with Gasteiger partial charge >= 0.3 is 0 Å². The zero-order valence-electron chi connectivity index (χ0n) is 18.4. The zero-order chi connectivity index (χ0) is 24.7. The standard InChI is InChI=1S/C26H21Cl2IN2O4/c27-15-3-1-2-14(10-15)20-13-23(33)31-24(18-12-17(29)5-7-22(18)35-9-8-32)26(20)19-6-4-16(28)11-21(19)30-25(26)34/h1-7,10-12,20,24,32H,8-9,13H2,(H,30,34)(H,31,33)/t20-,24+,26-/m0/s1. The van der Waals surface area contributed by atoms with E-state index >= 15 is 0 Å². The third kappa shape index (κ3) is 4.18. The van der Waals surface area contributed by atoms with Gasteiger partial charge in [-0.05, 0) is 76.2 Å². The number of aliphatic hydroxyl groups is 1. The fraction of sp³-hybridized carbons (Fsp3) is 0.231. The van der Waals surface area contributed by atoms with Crippen LogP contribution in [0.1, 0.15) is 35.1 Å². The number of anilines is 1. The smallest absolute Gasteiger partial charge is 0.238 e. The number of amides is 2. The van der Waals surface area contributed by atoms with Crippen LogP contribution >= 0.6 is 45.8 Å². The maximum Gasteiger partial charge on any atom is 0.238 e. The average Bonchev–Trinajstić information content (AvgIpc) is 3.10. The molecule has 2 heterocycles. The van der Waals surface area contributed by atoms with Gasteiger partial charge in [0.15, 0.2) is 0 Å². The molecule has 0 radical (unpaired) electrons. The Kier molecular flexibility index (Phi) is 6.69. The molecule has 9 heteroatoms. The minimum Gasteiger partial charge on any atom is -0.491 e. The van der Waals surface area contributed by atoms with E-state index in [4.69, 9.17) is 27.9 Å². The minimum atomic E-state index is -1.19. The summed E-state index contributed by atoms with van der Waals surface area (Å²) in [6.07, 6.45) is 0.100. The van der Waals surface area contributed by atoms with E-state index in [1.807, 2.05) is 36.4 Å². The summed E-state index contributed by atoms with van der Waals surface area (Å²) in [5, 5.41) is 16.5. The number of ether oxygens (including phenoxy) is 1. The van der Waals surface area contributed by atoms with E-state index in [-0.39, 0.29) is 31.4 Å². The molecule has 0 bridgehead atoms. The van der Waals surface area contributed by atoms with Crippen molar-refractivity contribution in [3.8, 4) is 5.75 Å². The lowest BCUT2D eigenvalue weighted by Crippen LogP contribution is -2.57. The molecular formula is C26H21Cl2IN2O4. The first-order valence-corrected chi connectivity index (χ1v) is 12.9.